The number of piperazine rings is 1. The number of β-amino-alcohol motifs (C(OH)–C–C–N with tert-alkyl or cyclic N) is 1. The lowest BCUT2D eigenvalue weighted by Crippen LogP contribution is -2.48. The van der Waals surface area contributed by atoms with E-state index in [9.17, 15) is 18.7 Å². The van der Waals surface area contributed by atoms with Crippen molar-refractivity contribution in [2.45, 2.75) is 12.6 Å². The first kappa shape index (κ1) is 24.2. The number of carbonyl (C=O) groups is 1. The number of nitrogens with one attached hydrogen (secondary N) is 1. The molecule has 1 atom stereocenters. The highest BCUT2D eigenvalue weighted by Crippen LogP contribution is 2.44. The van der Waals surface area contributed by atoms with Crippen molar-refractivity contribution in [3.8, 4) is 39.9 Å². The number of aromatic amines is 1. The van der Waals surface area contributed by atoms with Crippen molar-refractivity contribution in [1.82, 2.24) is 34.5 Å². The summed E-state index contributed by atoms with van der Waals surface area (Å²) in [7, 11) is 0. The van der Waals surface area contributed by atoms with Crippen LogP contribution in [0.1, 0.15) is 11.6 Å². The molecule has 0 spiro atoms. The van der Waals surface area contributed by atoms with Crippen LogP contribution in [0.3, 0.4) is 0 Å². The van der Waals surface area contributed by atoms with Gasteiger partial charge in [-0.3, -0.25) is 14.8 Å². The minimum atomic E-state index is -0.777. The highest BCUT2D eigenvalue weighted by Gasteiger charge is 2.33. The Labute approximate surface area is 216 Å². The van der Waals surface area contributed by atoms with Gasteiger partial charge >= 0.3 is 0 Å². The number of aliphatic hydroxyl groups excluding tert-OH is 1. The Balaban J connectivity index is 1.56. The average molecular weight is 522 g/mol. The maximum atomic E-state index is 14.6. The van der Waals surface area contributed by atoms with Gasteiger partial charge in [0.1, 0.15) is 29.8 Å². The van der Waals surface area contributed by atoms with Crippen molar-refractivity contribution >= 4 is 6.41 Å². The molecule has 1 fully saturated rings. The largest absolute Gasteiger partial charge is 0.491 e. The van der Waals surface area contributed by atoms with Crippen LogP contribution in [0.25, 0.3) is 34.2 Å². The van der Waals surface area contributed by atoms with E-state index in [4.69, 9.17) is 4.74 Å². The molecule has 0 radical (unpaired) electrons. The van der Waals surface area contributed by atoms with Gasteiger partial charge in [0.25, 0.3) is 0 Å². The highest BCUT2D eigenvalue weighted by atomic mass is 19.1. The molecule has 4 aromatic rings. The molecule has 2 aromatic carbocycles. The molecule has 2 aliphatic heterocycles. The van der Waals surface area contributed by atoms with Gasteiger partial charge in [0.2, 0.25) is 6.41 Å². The van der Waals surface area contributed by atoms with Crippen LogP contribution < -0.4 is 4.74 Å². The van der Waals surface area contributed by atoms with Crippen molar-refractivity contribution in [3.63, 3.8) is 0 Å². The number of rotatable bonds is 6. The van der Waals surface area contributed by atoms with E-state index in [1.165, 1.54) is 6.07 Å². The average Bonchev–Trinajstić information content (AvgIpc) is 3.55. The number of hydrogen-bond acceptors (Lipinski definition) is 7. The van der Waals surface area contributed by atoms with E-state index in [0.717, 1.165) is 24.1 Å². The van der Waals surface area contributed by atoms with Crippen LogP contribution in [-0.2, 0) is 11.3 Å². The van der Waals surface area contributed by atoms with Crippen LogP contribution in [-0.4, -0.2) is 85.4 Å². The van der Waals surface area contributed by atoms with E-state index in [2.05, 4.69) is 25.1 Å². The summed E-state index contributed by atoms with van der Waals surface area (Å²) in [5.41, 5.74) is 2.13. The monoisotopic (exact) mass is 521 g/mol. The van der Waals surface area contributed by atoms with Gasteiger partial charge in [-0.15, -0.1) is 0 Å². The zero-order valence-corrected chi connectivity index (χ0v) is 20.3. The van der Waals surface area contributed by atoms with E-state index in [0.29, 0.717) is 67.9 Å². The van der Waals surface area contributed by atoms with Gasteiger partial charge in [0.15, 0.2) is 11.6 Å². The fraction of sp³-hybridized carbons (Fsp3) is 0.308. The van der Waals surface area contributed by atoms with Crippen LogP contribution in [0.15, 0.2) is 42.7 Å². The van der Waals surface area contributed by atoms with E-state index in [1.54, 1.807) is 11.1 Å². The fourth-order valence-electron chi connectivity index (χ4n) is 5.21. The topological polar surface area (TPSA) is 112 Å². The Morgan fingerprint density at radius 1 is 1.16 bits per heavy atom. The van der Waals surface area contributed by atoms with Gasteiger partial charge in [-0.05, 0) is 23.8 Å². The van der Waals surface area contributed by atoms with E-state index in [1.807, 2.05) is 22.9 Å². The van der Waals surface area contributed by atoms with Crippen molar-refractivity contribution in [1.29, 1.82) is 0 Å². The molecule has 0 saturated carbocycles. The van der Waals surface area contributed by atoms with E-state index < -0.39 is 11.6 Å². The molecule has 196 valence electrons. The Kier molecular flexibility index (Phi) is 6.34. The third-order valence-corrected chi connectivity index (χ3v) is 7.04. The Morgan fingerprint density at radius 2 is 2.05 bits per heavy atom. The number of hydrogen-bond donors (Lipinski definition) is 2. The van der Waals surface area contributed by atoms with Gasteiger partial charge in [0, 0.05) is 50.2 Å². The third kappa shape index (κ3) is 4.21. The SMILES string of the molecule is O=CN1CCN(CCO)CC1c1ccc2c(c1-c1nc(-c3ccc(F)cc3F)n[nH]1)-c1nccn1CCO2. The lowest BCUT2D eigenvalue weighted by Gasteiger charge is -2.40. The molecule has 2 aromatic heterocycles. The first-order valence-electron chi connectivity index (χ1n) is 12.3. The van der Waals surface area contributed by atoms with Gasteiger partial charge in [-0.2, -0.15) is 5.10 Å². The lowest BCUT2D eigenvalue weighted by atomic mass is 9.91. The molecule has 0 bridgehead atoms. The molecule has 1 saturated heterocycles. The smallest absolute Gasteiger partial charge is 0.210 e. The molecule has 38 heavy (non-hydrogen) atoms. The molecule has 2 aliphatic rings. The summed E-state index contributed by atoms with van der Waals surface area (Å²) in [6.45, 7) is 3.13. The first-order valence-corrected chi connectivity index (χ1v) is 12.3. The zero-order chi connectivity index (χ0) is 26.2. The normalized spacial score (nSPS) is 17.4. The van der Waals surface area contributed by atoms with Crippen molar-refractivity contribution in [3.05, 3.63) is 59.9 Å². The molecular weight excluding hydrogens is 496 g/mol. The number of fused-ring (bicyclic) bond motifs is 3. The fourth-order valence-corrected chi connectivity index (χ4v) is 5.21. The number of aliphatic hydroxyl groups is 1. The molecule has 6 rings (SSSR count). The zero-order valence-electron chi connectivity index (χ0n) is 20.3. The summed E-state index contributed by atoms with van der Waals surface area (Å²) in [4.78, 5) is 25.1. The van der Waals surface area contributed by atoms with Crippen LogP contribution in [0, 0.1) is 11.6 Å². The molecular formula is C26H25F2N7O3. The maximum absolute atomic E-state index is 14.6. The predicted octanol–water partition coefficient (Wildman–Crippen LogP) is 2.48. The number of carbonyl (C=O) groups excluding carboxylic acids is 1. The van der Waals surface area contributed by atoms with Crippen LogP contribution in [0.5, 0.6) is 5.75 Å². The van der Waals surface area contributed by atoms with Crippen molar-refractivity contribution < 1.29 is 23.4 Å². The number of benzene rings is 2. The van der Waals surface area contributed by atoms with Crippen LogP contribution in [0.2, 0.25) is 0 Å². The van der Waals surface area contributed by atoms with Crippen molar-refractivity contribution in [2.75, 3.05) is 39.4 Å². The molecule has 1 amide bonds. The molecule has 0 aliphatic carbocycles. The summed E-state index contributed by atoms with van der Waals surface area (Å²) in [5, 5.41) is 16.7. The number of halogens is 2. The van der Waals surface area contributed by atoms with E-state index in [-0.39, 0.29) is 24.0 Å². The Bertz CT molecular complexity index is 1490. The Morgan fingerprint density at radius 3 is 2.87 bits per heavy atom. The van der Waals surface area contributed by atoms with Crippen LogP contribution >= 0.6 is 0 Å². The summed E-state index contributed by atoms with van der Waals surface area (Å²) in [5.74, 6) is 0.194. The quantitative estimate of drug-likeness (QED) is 0.375. The minimum Gasteiger partial charge on any atom is -0.491 e. The molecule has 1 unspecified atom stereocenters. The van der Waals surface area contributed by atoms with Gasteiger partial charge in [0.05, 0.1) is 30.3 Å². The second kappa shape index (κ2) is 9.95. The standard InChI is InChI=1S/C26H25F2N7O3/c27-16-1-2-17(19(28)13-16)24-30-25(32-31-24)22-18(20-14-33(9-11-36)7-8-35(20)15-37)3-4-21-23(22)26-29-5-6-34(26)10-12-38-21/h1-6,13,15,20,36H,7-12,14H2,(H,30,31,32). The Hall–Kier alpha value is -4.16. The number of amides is 1. The van der Waals surface area contributed by atoms with Gasteiger partial charge in [-0.25, -0.2) is 18.7 Å². The highest BCUT2D eigenvalue weighted by molar-refractivity contribution is 5.86. The maximum Gasteiger partial charge on any atom is 0.210 e. The predicted molar refractivity (Wildman–Crippen MR) is 133 cm³/mol. The number of nitrogens with zero attached hydrogens (tertiary/aromatic N) is 6. The number of ether oxygens (including phenoxy) is 1. The van der Waals surface area contributed by atoms with Crippen LogP contribution in [0.4, 0.5) is 8.78 Å². The molecule has 12 heteroatoms. The second-order valence-corrected chi connectivity index (χ2v) is 9.21. The summed E-state index contributed by atoms with van der Waals surface area (Å²) in [6.07, 6.45) is 4.40. The summed E-state index contributed by atoms with van der Waals surface area (Å²) < 4.78 is 36.2. The number of aromatic nitrogens is 5. The van der Waals surface area contributed by atoms with E-state index >= 15 is 0 Å². The summed E-state index contributed by atoms with van der Waals surface area (Å²) in [6, 6.07) is 6.63. The molecule has 10 nitrogen and oxygen atoms in total. The minimum absolute atomic E-state index is 0.00479. The number of H-pyrrole nitrogens is 1. The lowest BCUT2D eigenvalue weighted by molar-refractivity contribution is -0.122. The molecule has 2 N–H and O–H groups in total. The summed E-state index contributed by atoms with van der Waals surface area (Å²) >= 11 is 0. The third-order valence-electron chi connectivity index (χ3n) is 7.04. The number of imidazole rings is 1. The second-order valence-electron chi connectivity index (χ2n) is 9.21. The van der Waals surface area contributed by atoms with Gasteiger partial charge < -0.3 is 19.3 Å². The first-order chi connectivity index (χ1) is 18.6. The molecule has 4 heterocycles. The van der Waals surface area contributed by atoms with Crippen molar-refractivity contribution in [2.24, 2.45) is 0 Å². The van der Waals surface area contributed by atoms with Gasteiger partial charge in [-0.1, -0.05) is 6.07 Å².